The summed E-state index contributed by atoms with van der Waals surface area (Å²) in [5.74, 6) is -1.75. The van der Waals surface area contributed by atoms with Crippen molar-refractivity contribution in [3.8, 4) is 0 Å². The molecule has 1 aromatic heterocycles. The number of carbonyl (C=O) groups is 2. The molecule has 2 aromatic rings. The number of aliphatic imine (C=N–C) groups is 1. The predicted molar refractivity (Wildman–Crippen MR) is 154 cm³/mol. The number of carbonyl (C=O) groups excluding carboxylic acids is 1. The van der Waals surface area contributed by atoms with E-state index in [1.54, 1.807) is 26.1 Å². The van der Waals surface area contributed by atoms with Gasteiger partial charge < -0.3 is 15.2 Å². The molecule has 0 radical (unpaired) electrons. The largest absolute Gasteiger partial charge is 0.481 e. The lowest BCUT2D eigenvalue weighted by atomic mass is 9.70. The predicted octanol–water partition coefficient (Wildman–Crippen LogP) is 4.25. The molecule has 0 bridgehead atoms. The van der Waals surface area contributed by atoms with Crippen LogP contribution in [0.25, 0.3) is 0 Å². The van der Waals surface area contributed by atoms with E-state index in [0.717, 1.165) is 0 Å². The number of thiazole rings is 1. The quantitative estimate of drug-likeness (QED) is 0.398. The molecule has 3 aliphatic rings. The number of ether oxygens (including phenoxy) is 1. The van der Waals surface area contributed by atoms with Crippen LogP contribution in [0.5, 0.6) is 0 Å². The number of hydrogen-bond acceptors (Lipinski definition) is 9. The van der Waals surface area contributed by atoms with Crippen molar-refractivity contribution in [1.82, 2.24) is 14.6 Å². The molecule has 10 nitrogen and oxygen atoms in total. The molecule has 14 heteroatoms. The highest BCUT2D eigenvalue weighted by Crippen LogP contribution is 2.46. The summed E-state index contributed by atoms with van der Waals surface area (Å²) in [6.07, 6.45) is 2.68. The number of nitrogens with one attached hydrogen (secondary N) is 1. The molecule has 1 aliphatic carbocycles. The minimum Gasteiger partial charge on any atom is -0.481 e. The van der Waals surface area contributed by atoms with Gasteiger partial charge in [0.25, 0.3) is 0 Å². The average molecular weight is 670 g/mol. The number of aromatic nitrogens is 1. The highest BCUT2D eigenvalue weighted by Gasteiger charge is 2.53. The van der Waals surface area contributed by atoms with Crippen LogP contribution in [-0.4, -0.2) is 65.5 Å². The second kappa shape index (κ2) is 11.5. The zero-order valence-electron chi connectivity index (χ0n) is 22.5. The molecule has 1 saturated carbocycles. The Bertz CT molecular complexity index is 1510. The van der Waals surface area contributed by atoms with Crippen LogP contribution in [0.4, 0.5) is 4.39 Å². The maximum Gasteiger partial charge on any atom is 0.338 e. The number of nitrogens with zero attached hydrogens (tertiary/aromatic N) is 3. The van der Waals surface area contributed by atoms with Crippen LogP contribution in [0.3, 0.4) is 0 Å². The molecule has 5 rings (SSSR count). The number of allylic oxidation sites excluding steroid dienone is 1. The van der Waals surface area contributed by atoms with E-state index in [1.165, 1.54) is 27.8 Å². The Hall–Kier alpha value is -2.68. The second-order valence-electron chi connectivity index (χ2n) is 10.7. The zero-order valence-corrected chi connectivity index (χ0v) is 25.7. The maximum atomic E-state index is 14.0. The minimum absolute atomic E-state index is 0.0895. The van der Waals surface area contributed by atoms with Gasteiger partial charge in [0.15, 0.2) is 10.8 Å². The first-order chi connectivity index (χ1) is 19.4. The van der Waals surface area contributed by atoms with Crippen LogP contribution < -0.4 is 5.32 Å². The van der Waals surface area contributed by atoms with E-state index in [4.69, 9.17) is 9.73 Å². The van der Waals surface area contributed by atoms with E-state index in [9.17, 15) is 27.5 Å². The Labute approximate surface area is 249 Å². The van der Waals surface area contributed by atoms with Gasteiger partial charge in [-0.2, -0.15) is 0 Å². The molecule has 2 N–H and O–H groups in total. The molecule has 1 aromatic carbocycles. The summed E-state index contributed by atoms with van der Waals surface area (Å²) in [7, 11) is -3.66. The van der Waals surface area contributed by atoms with Crippen LogP contribution >= 0.6 is 27.3 Å². The summed E-state index contributed by atoms with van der Waals surface area (Å²) in [6, 6.07) is 3.39. The van der Waals surface area contributed by atoms with Crippen molar-refractivity contribution in [2.24, 2.45) is 16.3 Å². The summed E-state index contributed by atoms with van der Waals surface area (Å²) in [5, 5.41) is 14.4. The van der Waals surface area contributed by atoms with Crippen molar-refractivity contribution in [1.29, 1.82) is 0 Å². The summed E-state index contributed by atoms with van der Waals surface area (Å²) in [5.41, 5.74) is 0.436. The van der Waals surface area contributed by atoms with E-state index < -0.39 is 44.5 Å². The van der Waals surface area contributed by atoms with Gasteiger partial charge in [0.2, 0.25) is 10.0 Å². The third kappa shape index (κ3) is 5.71. The Morgan fingerprint density at radius 1 is 1.29 bits per heavy atom. The molecule has 220 valence electrons. The smallest absolute Gasteiger partial charge is 0.338 e. The number of carboxylic acid groups (broad SMARTS) is 1. The number of halogens is 2. The van der Waals surface area contributed by atoms with Crippen LogP contribution in [0, 0.1) is 17.2 Å². The fraction of sp³-hybridized carbons (Fsp3) is 0.481. The van der Waals surface area contributed by atoms with Gasteiger partial charge in [0, 0.05) is 40.8 Å². The van der Waals surface area contributed by atoms with Gasteiger partial charge in [0.1, 0.15) is 11.9 Å². The van der Waals surface area contributed by atoms with Crippen molar-refractivity contribution in [2.75, 3.05) is 19.7 Å². The maximum absolute atomic E-state index is 14.0. The summed E-state index contributed by atoms with van der Waals surface area (Å²) < 4.78 is 47.9. The lowest BCUT2D eigenvalue weighted by molar-refractivity contribution is -0.152. The lowest BCUT2D eigenvalue weighted by Gasteiger charge is -2.44. The average Bonchev–Trinajstić information content (AvgIpc) is 3.46. The Kier molecular flexibility index (Phi) is 8.39. The Morgan fingerprint density at radius 3 is 2.59 bits per heavy atom. The number of carboxylic acids is 1. The first-order valence-corrected chi connectivity index (χ1v) is 16.5. The van der Waals surface area contributed by atoms with E-state index in [-0.39, 0.29) is 44.0 Å². The first kappa shape index (κ1) is 29.8. The van der Waals surface area contributed by atoms with Gasteiger partial charge >= 0.3 is 11.9 Å². The molecular weight excluding hydrogens is 639 g/mol. The molecule has 0 amide bonds. The summed E-state index contributed by atoms with van der Waals surface area (Å²) in [4.78, 5) is 34.1. The molecule has 0 spiro atoms. The van der Waals surface area contributed by atoms with Crippen LogP contribution in [0.1, 0.15) is 56.1 Å². The topological polar surface area (TPSA) is 138 Å². The third-order valence-corrected chi connectivity index (χ3v) is 11.7. The number of esters is 1. The second-order valence-corrected chi connectivity index (χ2v) is 14.6. The van der Waals surface area contributed by atoms with Crippen LogP contribution in [0.2, 0.25) is 0 Å². The number of amidine groups is 1. The van der Waals surface area contributed by atoms with Crippen LogP contribution in [0.15, 0.2) is 50.5 Å². The van der Waals surface area contributed by atoms with E-state index in [1.807, 2.05) is 5.38 Å². The highest BCUT2D eigenvalue weighted by atomic mass is 79.9. The number of piperidine rings is 1. The van der Waals surface area contributed by atoms with Gasteiger partial charge in [0.05, 0.1) is 22.8 Å². The fourth-order valence-corrected chi connectivity index (χ4v) is 9.11. The van der Waals surface area contributed by atoms with Crippen molar-refractivity contribution in [3.63, 3.8) is 0 Å². The van der Waals surface area contributed by atoms with Gasteiger partial charge in [-0.25, -0.2) is 26.9 Å². The number of aliphatic carboxylic acids is 1. The minimum atomic E-state index is -3.66. The van der Waals surface area contributed by atoms with E-state index in [0.29, 0.717) is 39.4 Å². The number of sulfonamides is 1. The van der Waals surface area contributed by atoms with E-state index >= 15 is 0 Å². The fourth-order valence-electron chi connectivity index (χ4n) is 5.66. The first-order valence-electron chi connectivity index (χ1n) is 13.3. The summed E-state index contributed by atoms with van der Waals surface area (Å²) in [6.45, 7) is 3.87. The zero-order chi connectivity index (χ0) is 29.5. The van der Waals surface area contributed by atoms with Crippen molar-refractivity contribution < 1.29 is 32.2 Å². The molecule has 3 heterocycles. The van der Waals surface area contributed by atoms with Crippen molar-refractivity contribution >= 4 is 55.1 Å². The molecule has 41 heavy (non-hydrogen) atoms. The summed E-state index contributed by atoms with van der Waals surface area (Å²) >= 11 is 4.80. The molecule has 2 fully saturated rings. The van der Waals surface area contributed by atoms with Crippen molar-refractivity contribution in [3.05, 3.63) is 61.9 Å². The number of rotatable bonds is 8. The number of benzene rings is 1. The molecular formula is C27H30BrFN4O6S2. The monoisotopic (exact) mass is 668 g/mol. The SMILES string of the molecule is CCOC(=O)C1=C(C2CCN(S(=O)(=O)[C@H]3C[C@](C)(C(=O)O)C3)CC2)NC(c2nccs2)=N[C@@H]1c1ccc(F)cc1Br. The van der Waals surface area contributed by atoms with Crippen LogP contribution in [-0.2, 0) is 24.3 Å². The molecule has 1 atom stereocenters. The Morgan fingerprint density at radius 2 is 2.00 bits per heavy atom. The highest BCUT2D eigenvalue weighted by molar-refractivity contribution is 9.10. The normalized spacial score (nSPS) is 25.7. The molecule has 1 saturated heterocycles. The Balaban J connectivity index is 1.46. The van der Waals surface area contributed by atoms with Gasteiger partial charge in [-0.3, -0.25) is 9.79 Å². The standard InChI is InChI=1S/C27H30BrFN4O6S2/c1-3-39-25(34)20-21(15-6-9-33(10-7-15)41(37,38)17-13-27(2,14-17)26(35)36)31-23(24-30-8-11-40-24)32-22(20)18-5-4-16(29)12-19(18)28/h4-5,8,11-12,15,17,22H,3,6-7,9-10,13-14H2,1-2H3,(H,31,32)(H,35,36)/t17-,22-,27-/m1/s1. The van der Waals surface area contributed by atoms with Gasteiger partial charge in [-0.1, -0.05) is 22.0 Å². The molecule has 2 aliphatic heterocycles. The van der Waals surface area contributed by atoms with Gasteiger partial charge in [-0.05, 0) is 57.2 Å². The van der Waals surface area contributed by atoms with E-state index in [2.05, 4.69) is 26.2 Å². The van der Waals surface area contributed by atoms with Crippen molar-refractivity contribution in [2.45, 2.75) is 50.8 Å². The van der Waals surface area contributed by atoms with Gasteiger partial charge in [-0.15, -0.1) is 11.3 Å². The molecule has 0 unspecified atom stereocenters. The lowest BCUT2D eigenvalue weighted by Crippen LogP contribution is -2.54. The third-order valence-electron chi connectivity index (χ3n) is 7.98. The number of hydrogen-bond donors (Lipinski definition) is 2.